The predicted molar refractivity (Wildman–Crippen MR) is 138 cm³/mol. The van der Waals surface area contributed by atoms with Crippen LogP contribution in [0.3, 0.4) is 0 Å². The zero-order valence-electron chi connectivity index (χ0n) is 20.3. The van der Waals surface area contributed by atoms with Crippen LogP contribution >= 0.6 is 11.6 Å². The van der Waals surface area contributed by atoms with Crippen LogP contribution in [0.1, 0.15) is 59.2 Å². The van der Waals surface area contributed by atoms with Gasteiger partial charge in [0.1, 0.15) is 5.75 Å². The maximum Gasteiger partial charge on any atom is 0.311 e. The number of hydrogen-bond acceptors (Lipinski definition) is 6. The predicted octanol–water partition coefficient (Wildman–Crippen LogP) is 4.04. The second-order valence-electron chi connectivity index (χ2n) is 9.21. The van der Waals surface area contributed by atoms with E-state index in [0.29, 0.717) is 35.8 Å². The number of nitrogens with one attached hydrogen (secondary N) is 2. The molecule has 192 valence electrons. The van der Waals surface area contributed by atoms with Crippen LogP contribution in [0.25, 0.3) is 0 Å². The Morgan fingerprint density at radius 3 is 2.58 bits per heavy atom. The van der Waals surface area contributed by atoms with Crippen molar-refractivity contribution in [2.75, 3.05) is 31.5 Å². The van der Waals surface area contributed by atoms with Crippen molar-refractivity contribution in [1.82, 2.24) is 10.2 Å². The standard InChI is InChI=1S/C27H32ClN3O5/c28-22-7-6-18-10-12-29-13-11-21(18)26(22)30-17-20-5-4-19(27(35)31-14-2-1-3-15-31)16-23(20)36-25(34)9-8-24(32)33/h4-7,16,29-30H,1-3,8-15,17H2,(H,32,33). The van der Waals surface area contributed by atoms with E-state index in [1.165, 1.54) is 11.1 Å². The molecule has 0 radical (unpaired) electrons. The van der Waals surface area contributed by atoms with Crippen molar-refractivity contribution in [2.45, 2.75) is 51.5 Å². The summed E-state index contributed by atoms with van der Waals surface area (Å²) in [4.78, 5) is 38.1. The van der Waals surface area contributed by atoms with Crippen LogP contribution < -0.4 is 15.4 Å². The number of nitrogens with zero attached hydrogens (tertiary/aromatic N) is 1. The second kappa shape index (κ2) is 12.2. The highest BCUT2D eigenvalue weighted by molar-refractivity contribution is 6.33. The van der Waals surface area contributed by atoms with Crippen LogP contribution in [0.4, 0.5) is 5.69 Å². The van der Waals surface area contributed by atoms with E-state index in [1.807, 2.05) is 11.0 Å². The molecule has 2 aromatic carbocycles. The summed E-state index contributed by atoms with van der Waals surface area (Å²) in [5, 5.41) is 16.4. The van der Waals surface area contributed by atoms with Crippen LogP contribution in [0.15, 0.2) is 30.3 Å². The molecule has 2 aliphatic heterocycles. The summed E-state index contributed by atoms with van der Waals surface area (Å²) in [6, 6.07) is 9.07. The molecule has 3 N–H and O–H groups in total. The third kappa shape index (κ3) is 6.56. The highest BCUT2D eigenvalue weighted by Crippen LogP contribution is 2.32. The van der Waals surface area contributed by atoms with Gasteiger partial charge in [0, 0.05) is 30.8 Å². The summed E-state index contributed by atoms with van der Waals surface area (Å²) in [6.45, 7) is 3.52. The van der Waals surface area contributed by atoms with Gasteiger partial charge in [0.15, 0.2) is 0 Å². The van der Waals surface area contributed by atoms with Crippen LogP contribution in [-0.2, 0) is 29.0 Å². The molecule has 0 aliphatic carbocycles. The Bertz CT molecular complexity index is 1130. The number of carbonyl (C=O) groups excluding carboxylic acids is 2. The number of fused-ring (bicyclic) bond motifs is 1. The summed E-state index contributed by atoms with van der Waals surface area (Å²) in [7, 11) is 0. The van der Waals surface area contributed by atoms with Gasteiger partial charge in [-0.05, 0) is 74.5 Å². The van der Waals surface area contributed by atoms with Crippen molar-refractivity contribution in [3.63, 3.8) is 0 Å². The minimum absolute atomic E-state index is 0.0963. The number of aliphatic carboxylic acids is 1. The molecule has 8 nitrogen and oxygen atoms in total. The van der Waals surface area contributed by atoms with Crippen molar-refractivity contribution in [1.29, 1.82) is 0 Å². The molecule has 0 bridgehead atoms. The fourth-order valence-electron chi connectivity index (χ4n) is 4.71. The van der Waals surface area contributed by atoms with E-state index in [0.717, 1.165) is 50.9 Å². The Balaban J connectivity index is 1.58. The van der Waals surface area contributed by atoms with Crippen LogP contribution in [0.5, 0.6) is 5.75 Å². The molecular formula is C27H32ClN3O5. The minimum atomic E-state index is -1.07. The van der Waals surface area contributed by atoms with E-state index in [1.54, 1.807) is 18.2 Å². The molecule has 4 rings (SSSR count). The highest BCUT2D eigenvalue weighted by Gasteiger charge is 2.21. The topological polar surface area (TPSA) is 108 Å². The van der Waals surface area contributed by atoms with Crippen molar-refractivity contribution >= 4 is 35.1 Å². The van der Waals surface area contributed by atoms with Crippen LogP contribution in [0, 0.1) is 0 Å². The summed E-state index contributed by atoms with van der Waals surface area (Å²) in [5.41, 5.74) is 4.39. The Kier molecular flexibility index (Phi) is 8.83. The monoisotopic (exact) mass is 513 g/mol. The third-order valence-corrected chi connectivity index (χ3v) is 6.98. The minimum Gasteiger partial charge on any atom is -0.481 e. The average molecular weight is 514 g/mol. The number of benzene rings is 2. The van der Waals surface area contributed by atoms with Gasteiger partial charge in [0.05, 0.1) is 23.6 Å². The van der Waals surface area contributed by atoms with E-state index in [-0.39, 0.29) is 24.5 Å². The van der Waals surface area contributed by atoms with Crippen molar-refractivity contribution in [3.8, 4) is 5.75 Å². The fourth-order valence-corrected chi connectivity index (χ4v) is 4.95. The van der Waals surface area contributed by atoms with E-state index in [2.05, 4.69) is 16.7 Å². The quantitative estimate of drug-likeness (QED) is 0.361. The van der Waals surface area contributed by atoms with Gasteiger partial charge in [-0.2, -0.15) is 0 Å². The van der Waals surface area contributed by atoms with Gasteiger partial charge in [-0.1, -0.05) is 23.7 Å². The van der Waals surface area contributed by atoms with E-state index in [9.17, 15) is 14.4 Å². The van der Waals surface area contributed by atoms with Gasteiger partial charge in [0.25, 0.3) is 5.91 Å². The largest absolute Gasteiger partial charge is 0.481 e. The fraction of sp³-hybridized carbons (Fsp3) is 0.444. The van der Waals surface area contributed by atoms with E-state index in [4.69, 9.17) is 21.4 Å². The number of carbonyl (C=O) groups is 3. The van der Waals surface area contributed by atoms with Crippen molar-refractivity contribution in [2.24, 2.45) is 0 Å². The first kappa shape index (κ1) is 26.0. The molecule has 1 fully saturated rings. The number of carboxylic acids is 1. The van der Waals surface area contributed by atoms with Gasteiger partial charge in [0.2, 0.25) is 0 Å². The summed E-state index contributed by atoms with van der Waals surface area (Å²) >= 11 is 6.55. The highest BCUT2D eigenvalue weighted by atomic mass is 35.5. The third-order valence-electron chi connectivity index (χ3n) is 6.66. The maximum absolute atomic E-state index is 13.0. The van der Waals surface area contributed by atoms with Crippen LogP contribution in [0.2, 0.25) is 5.02 Å². The van der Waals surface area contributed by atoms with Crippen LogP contribution in [-0.4, -0.2) is 54.0 Å². The van der Waals surface area contributed by atoms with Gasteiger partial charge < -0.3 is 25.4 Å². The number of rotatable bonds is 8. The number of anilines is 1. The first-order valence-corrected chi connectivity index (χ1v) is 12.9. The molecule has 0 atom stereocenters. The lowest BCUT2D eigenvalue weighted by Gasteiger charge is -2.27. The van der Waals surface area contributed by atoms with Gasteiger partial charge in [-0.3, -0.25) is 14.4 Å². The lowest BCUT2D eigenvalue weighted by molar-refractivity contribution is -0.142. The summed E-state index contributed by atoms with van der Waals surface area (Å²) in [5.74, 6) is -1.57. The van der Waals surface area contributed by atoms with Gasteiger partial charge in [-0.15, -0.1) is 0 Å². The van der Waals surface area contributed by atoms with E-state index >= 15 is 0 Å². The number of piperidine rings is 1. The maximum atomic E-state index is 13.0. The number of likely N-dealkylation sites (tertiary alicyclic amines) is 1. The molecule has 0 aromatic heterocycles. The lowest BCUT2D eigenvalue weighted by Crippen LogP contribution is -2.35. The first-order chi connectivity index (χ1) is 17.4. The number of hydrogen-bond donors (Lipinski definition) is 3. The number of ether oxygens (including phenoxy) is 1. The SMILES string of the molecule is O=C(O)CCC(=O)Oc1cc(C(=O)N2CCCCC2)ccc1CNc1c(Cl)ccc2c1CCNCC2. The second-order valence-corrected chi connectivity index (χ2v) is 9.61. The zero-order valence-corrected chi connectivity index (χ0v) is 21.0. The number of amides is 1. The number of esters is 1. The number of halogens is 1. The molecular weight excluding hydrogens is 482 g/mol. The zero-order chi connectivity index (χ0) is 25.5. The summed E-state index contributed by atoms with van der Waals surface area (Å²) < 4.78 is 5.57. The smallest absolute Gasteiger partial charge is 0.311 e. The molecule has 2 aliphatic rings. The molecule has 1 amide bonds. The molecule has 2 aromatic rings. The molecule has 9 heteroatoms. The molecule has 0 spiro atoms. The van der Waals surface area contributed by atoms with Gasteiger partial charge >= 0.3 is 11.9 Å². The van der Waals surface area contributed by atoms with E-state index < -0.39 is 11.9 Å². The Morgan fingerprint density at radius 2 is 1.81 bits per heavy atom. The average Bonchev–Trinajstić information content (AvgIpc) is 3.13. The number of carboxylic acid groups (broad SMARTS) is 1. The summed E-state index contributed by atoms with van der Waals surface area (Å²) in [6.07, 6.45) is 4.25. The Morgan fingerprint density at radius 1 is 1.03 bits per heavy atom. The molecule has 0 unspecified atom stereocenters. The molecule has 36 heavy (non-hydrogen) atoms. The first-order valence-electron chi connectivity index (χ1n) is 12.5. The molecule has 2 heterocycles. The van der Waals surface area contributed by atoms with Crippen molar-refractivity contribution < 1.29 is 24.2 Å². The molecule has 0 saturated carbocycles. The van der Waals surface area contributed by atoms with Crippen molar-refractivity contribution in [3.05, 3.63) is 57.6 Å². The normalized spacial score (nSPS) is 15.5. The van der Waals surface area contributed by atoms with Gasteiger partial charge in [-0.25, -0.2) is 0 Å². The Hall–Kier alpha value is -3.10. The Labute approximate surface area is 216 Å². The lowest BCUT2D eigenvalue weighted by atomic mass is 10.0. The molecule has 1 saturated heterocycles.